The van der Waals surface area contributed by atoms with Crippen molar-refractivity contribution in [3.05, 3.63) is 48.2 Å². The van der Waals surface area contributed by atoms with Gasteiger partial charge in [0.2, 0.25) is 5.95 Å². The highest BCUT2D eigenvalue weighted by Gasteiger charge is 2.20. The smallest absolute Gasteiger partial charge is 0.227 e. The summed E-state index contributed by atoms with van der Waals surface area (Å²) in [6, 6.07) is 13.2. The maximum absolute atomic E-state index is 5.41. The second-order valence-corrected chi connectivity index (χ2v) is 7.34. The van der Waals surface area contributed by atoms with Crippen LogP contribution in [0.3, 0.4) is 0 Å². The molecule has 1 aromatic carbocycles. The van der Waals surface area contributed by atoms with E-state index in [2.05, 4.69) is 50.4 Å². The van der Waals surface area contributed by atoms with Gasteiger partial charge >= 0.3 is 0 Å². The Morgan fingerprint density at radius 3 is 2.56 bits per heavy atom. The quantitative estimate of drug-likeness (QED) is 0.846. The lowest BCUT2D eigenvalue weighted by Gasteiger charge is -2.33. The Bertz CT molecular complexity index is 697. The number of likely N-dealkylation sites (tertiary alicyclic amines) is 1. The summed E-state index contributed by atoms with van der Waals surface area (Å²) in [5, 5.41) is 3.62. The minimum Gasteiger partial charge on any atom is -0.378 e. The molecule has 0 saturated carbocycles. The standard InChI is InChI=1S/C21H29N5O/c1-2-4-18(5-3-1)7-11-25-12-8-19(9-13-25)23-20-6-10-22-21(24-20)26-14-16-27-17-15-26/h1-6,10,19H,7-9,11-17H2,(H,22,23,24). The molecule has 3 heterocycles. The maximum Gasteiger partial charge on any atom is 0.227 e. The molecule has 144 valence electrons. The highest BCUT2D eigenvalue weighted by atomic mass is 16.5. The Morgan fingerprint density at radius 2 is 1.78 bits per heavy atom. The number of anilines is 2. The van der Waals surface area contributed by atoms with E-state index in [1.807, 2.05) is 12.3 Å². The van der Waals surface area contributed by atoms with Gasteiger partial charge in [0.1, 0.15) is 5.82 Å². The number of rotatable bonds is 6. The fourth-order valence-corrected chi connectivity index (χ4v) is 3.79. The van der Waals surface area contributed by atoms with Gasteiger partial charge in [0.25, 0.3) is 0 Å². The van der Waals surface area contributed by atoms with E-state index in [0.29, 0.717) is 6.04 Å². The molecule has 0 atom stereocenters. The number of morpholine rings is 1. The number of piperidine rings is 1. The summed E-state index contributed by atoms with van der Waals surface area (Å²) in [7, 11) is 0. The third kappa shape index (κ3) is 5.17. The van der Waals surface area contributed by atoms with Gasteiger partial charge in [-0.1, -0.05) is 30.3 Å². The number of hydrogen-bond acceptors (Lipinski definition) is 6. The Labute approximate surface area is 161 Å². The first-order chi connectivity index (χ1) is 13.4. The van der Waals surface area contributed by atoms with Crippen LogP contribution in [-0.4, -0.2) is 66.8 Å². The highest BCUT2D eigenvalue weighted by molar-refractivity contribution is 5.42. The van der Waals surface area contributed by atoms with Gasteiger partial charge < -0.3 is 19.9 Å². The highest BCUT2D eigenvalue weighted by Crippen LogP contribution is 2.18. The van der Waals surface area contributed by atoms with Crippen LogP contribution >= 0.6 is 0 Å². The molecule has 6 nitrogen and oxygen atoms in total. The van der Waals surface area contributed by atoms with E-state index < -0.39 is 0 Å². The summed E-state index contributed by atoms with van der Waals surface area (Å²) in [5.74, 6) is 1.75. The molecular formula is C21H29N5O. The number of nitrogens with zero attached hydrogens (tertiary/aromatic N) is 4. The number of hydrogen-bond donors (Lipinski definition) is 1. The van der Waals surface area contributed by atoms with Crippen molar-refractivity contribution in [3.63, 3.8) is 0 Å². The largest absolute Gasteiger partial charge is 0.378 e. The lowest BCUT2D eigenvalue weighted by atomic mass is 10.0. The molecule has 2 saturated heterocycles. The average Bonchev–Trinajstić information content (AvgIpc) is 2.75. The van der Waals surface area contributed by atoms with Gasteiger partial charge in [0.15, 0.2) is 0 Å². The van der Waals surface area contributed by atoms with Gasteiger partial charge in [0.05, 0.1) is 13.2 Å². The van der Waals surface area contributed by atoms with Gasteiger partial charge in [-0.15, -0.1) is 0 Å². The lowest BCUT2D eigenvalue weighted by Crippen LogP contribution is -2.40. The first kappa shape index (κ1) is 18.2. The molecule has 0 radical (unpaired) electrons. The molecule has 2 aromatic rings. The van der Waals surface area contributed by atoms with Crippen molar-refractivity contribution in [1.82, 2.24) is 14.9 Å². The van der Waals surface area contributed by atoms with Gasteiger partial charge in [-0.3, -0.25) is 0 Å². The molecule has 4 rings (SSSR count). The van der Waals surface area contributed by atoms with Crippen LogP contribution in [0.25, 0.3) is 0 Å². The van der Waals surface area contributed by atoms with Crippen LogP contribution in [0.2, 0.25) is 0 Å². The molecule has 2 aliphatic heterocycles. The molecule has 0 amide bonds. The Kier molecular flexibility index (Phi) is 6.17. The van der Waals surface area contributed by atoms with Crippen molar-refractivity contribution in [2.45, 2.75) is 25.3 Å². The zero-order valence-electron chi connectivity index (χ0n) is 15.9. The first-order valence-electron chi connectivity index (χ1n) is 10.1. The molecule has 1 N–H and O–H groups in total. The average molecular weight is 367 g/mol. The molecule has 0 unspecified atom stereocenters. The van der Waals surface area contributed by atoms with E-state index in [-0.39, 0.29) is 0 Å². The SMILES string of the molecule is c1ccc(CCN2CCC(Nc3ccnc(N4CCOCC4)n3)CC2)cc1. The third-order valence-corrected chi connectivity index (χ3v) is 5.44. The Hall–Kier alpha value is -2.18. The molecule has 0 aliphatic carbocycles. The molecular weight excluding hydrogens is 338 g/mol. The van der Waals surface area contributed by atoms with E-state index >= 15 is 0 Å². The van der Waals surface area contributed by atoms with Crippen molar-refractivity contribution < 1.29 is 4.74 Å². The normalized spacial score (nSPS) is 19.2. The van der Waals surface area contributed by atoms with E-state index in [0.717, 1.165) is 77.0 Å². The fourth-order valence-electron chi connectivity index (χ4n) is 3.79. The molecule has 27 heavy (non-hydrogen) atoms. The van der Waals surface area contributed by atoms with Crippen molar-refractivity contribution >= 4 is 11.8 Å². The van der Waals surface area contributed by atoms with Crippen molar-refractivity contribution in [1.29, 1.82) is 0 Å². The van der Waals surface area contributed by atoms with Crippen LogP contribution in [0.4, 0.5) is 11.8 Å². The number of aromatic nitrogens is 2. The second kappa shape index (κ2) is 9.15. The van der Waals surface area contributed by atoms with Crippen LogP contribution in [-0.2, 0) is 11.2 Å². The molecule has 2 aliphatic rings. The summed E-state index contributed by atoms with van der Waals surface area (Å²) in [5.41, 5.74) is 1.43. The molecule has 6 heteroatoms. The Morgan fingerprint density at radius 1 is 1.00 bits per heavy atom. The second-order valence-electron chi connectivity index (χ2n) is 7.34. The summed E-state index contributed by atoms with van der Waals surface area (Å²) >= 11 is 0. The molecule has 0 spiro atoms. The molecule has 0 bridgehead atoms. The van der Waals surface area contributed by atoms with E-state index in [4.69, 9.17) is 9.72 Å². The van der Waals surface area contributed by atoms with Gasteiger partial charge in [-0.05, 0) is 30.9 Å². The summed E-state index contributed by atoms with van der Waals surface area (Å²) in [4.78, 5) is 13.9. The topological polar surface area (TPSA) is 53.5 Å². The van der Waals surface area contributed by atoms with Crippen molar-refractivity contribution in [3.8, 4) is 0 Å². The minimum atomic E-state index is 0.491. The predicted octanol–water partition coefficient (Wildman–Crippen LogP) is 2.43. The monoisotopic (exact) mass is 367 g/mol. The third-order valence-electron chi connectivity index (χ3n) is 5.44. The minimum absolute atomic E-state index is 0.491. The van der Waals surface area contributed by atoms with Crippen molar-refractivity contribution in [2.24, 2.45) is 0 Å². The van der Waals surface area contributed by atoms with Gasteiger partial charge in [-0.2, -0.15) is 4.98 Å². The molecule has 2 fully saturated rings. The van der Waals surface area contributed by atoms with E-state index in [1.54, 1.807) is 0 Å². The number of nitrogens with one attached hydrogen (secondary N) is 1. The van der Waals surface area contributed by atoms with E-state index in [9.17, 15) is 0 Å². The van der Waals surface area contributed by atoms with Crippen molar-refractivity contribution in [2.75, 3.05) is 56.2 Å². The van der Waals surface area contributed by atoms with Crippen LogP contribution in [0.15, 0.2) is 42.6 Å². The summed E-state index contributed by atoms with van der Waals surface area (Å²) in [6.07, 6.45) is 5.31. The fraction of sp³-hybridized carbons (Fsp3) is 0.524. The van der Waals surface area contributed by atoms with Gasteiger partial charge in [0, 0.05) is 45.0 Å². The number of benzene rings is 1. The first-order valence-corrected chi connectivity index (χ1v) is 10.1. The zero-order valence-corrected chi connectivity index (χ0v) is 15.9. The zero-order chi connectivity index (χ0) is 18.3. The molecule has 1 aromatic heterocycles. The van der Waals surface area contributed by atoms with Crippen LogP contribution in [0, 0.1) is 0 Å². The number of ether oxygens (including phenoxy) is 1. The Balaban J connectivity index is 1.24. The van der Waals surface area contributed by atoms with Crippen LogP contribution < -0.4 is 10.2 Å². The van der Waals surface area contributed by atoms with Gasteiger partial charge in [-0.25, -0.2) is 4.98 Å². The lowest BCUT2D eigenvalue weighted by molar-refractivity contribution is 0.122. The van der Waals surface area contributed by atoms with E-state index in [1.165, 1.54) is 5.56 Å². The van der Waals surface area contributed by atoms with Crippen LogP contribution in [0.1, 0.15) is 18.4 Å². The maximum atomic E-state index is 5.41. The summed E-state index contributed by atoms with van der Waals surface area (Å²) < 4.78 is 5.41. The van der Waals surface area contributed by atoms with Crippen LogP contribution in [0.5, 0.6) is 0 Å². The summed E-state index contributed by atoms with van der Waals surface area (Å²) in [6.45, 7) is 6.67. The predicted molar refractivity (Wildman–Crippen MR) is 108 cm³/mol.